The Morgan fingerprint density at radius 2 is 1.30 bits per heavy atom. The van der Waals surface area contributed by atoms with Crippen molar-refractivity contribution >= 4 is 0 Å². The summed E-state index contributed by atoms with van der Waals surface area (Å²) >= 11 is 0. The highest BCUT2D eigenvalue weighted by molar-refractivity contribution is 4.82. The van der Waals surface area contributed by atoms with Gasteiger partial charge in [-0.05, 0) is 27.7 Å². The van der Waals surface area contributed by atoms with Gasteiger partial charge in [0.2, 0.25) is 0 Å². The lowest BCUT2D eigenvalue weighted by Crippen LogP contribution is -2.54. The zero-order valence-corrected chi connectivity index (χ0v) is 7.22. The van der Waals surface area contributed by atoms with E-state index in [1.165, 1.54) is 0 Å². The molecule has 1 heterocycles. The quantitative estimate of drug-likeness (QED) is 0.549. The molecule has 1 aliphatic rings. The molecule has 0 aromatic carbocycles. The van der Waals surface area contributed by atoms with Crippen LogP contribution in [0.5, 0.6) is 0 Å². The molecule has 0 amide bonds. The Morgan fingerprint density at radius 3 is 1.60 bits per heavy atom. The maximum absolute atomic E-state index is 5.65. The second-order valence-corrected chi connectivity index (χ2v) is 3.29. The zero-order valence-electron chi connectivity index (χ0n) is 7.22. The molecule has 10 heavy (non-hydrogen) atoms. The Kier molecular flexibility index (Phi) is 2.32. The summed E-state index contributed by atoms with van der Waals surface area (Å²) in [4.78, 5) is 0. The molecule has 0 saturated carbocycles. The van der Waals surface area contributed by atoms with E-state index in [-0.39, 0.29) is 0 Å². The highest BCUT2D eigenvalue weighted by Gasteiger charge is 2.26. The molecule has 1 saturated heterocycles. The molecule has 1 rings (SSSR count). The maximum Gasteiger partial charge on any atom is 0.0701 e. The summed E-state index contributed by atoms with van der Waals surface area (Å²) in [6, 6.07) is 0.984. The Bertz CT molecular complexity index is 89.8. The van der Waals surface area contributed by atoms with Crippen LogP contribution in [0.25, 0.3) is 0 Å². The summed E-state index contributed by atoms with van der Waals surface area (Å²) in [5.41, 5.74) is 0. The number of morpholine rings is 1. The summed E-state index contributed by atoms with van der Waals surface area (Å²) < 4.78 is 5.65. The molecule has 2 nitrogen and oxygen atoms in total. The van der Waals surface area contributed by atoms with E-state index in [0.29, 0.717) is 24.3 Å². The minimum Gasteiger partial charge on any atom is -0.372 e. The van der Waals surface area contributed by atoms with Crippen LogP contribution in [0.15, 0.2) is 0 Å². The molecule has 4 atom stereocenters. The van der Waals surface area contributed by atoms with Gasteiger partial charge < -0.3 is 10.1 Å². The van der Waals surface area contributed by atoms with E-state index in [1.54, 1.807) is 0 Å². The van der Waals surface area contributed by atoms with Crippen LogP contribution in [0.4, 0.5) is 0 Å². The first-order valence-electron chi connectivity index (χ1n) is 4.02. The minimum absolute atomic E-state index is 0.353. The lowest BCUT2D eigenvalue weighted by Gasteiger charge is -2.37. The molecular weight excluding hydrogens is 126 g/mol. The highest BCUT2D eigenvalue weighted by Crippen LogP contribution is 2.12. The van der Waals surface area contributed by atoms with Crippen molar-refractivity contribution < 1.29 is 4.74 Å². The highest BCUT2D eigenvalue weighted by atomic mass is 16.5. The molecule has 0 bridgehead atoms. The van der Waals surface area contributed by atoms with Gasteiger partial charge in [-0.3, -0.25) is 0 Å². The van der Waals surface area contributed by atoms with E-state index in [0.717, 1.165) is 0 Å². The lowest BCUT2D eigenvalue weighted by atomic mass is 10.1. The first-order valence-corrected chi connectivity index (χ1v) is 4.02. The van der Waals surface area contributed by atoms with Crippen molar-refractivity contribution in [3.05, 3.63) is 0 Å². The fourth-order valence-corrected chi connectivity index (χ4v) is 1.26. The molecule has 0 aliphatic carbocycles. The van der Waals surface area contributed by atoms with Crippen molar-refractivity contribution in [3.8, 4) is 0 Å². The van der Waals surface area contributed by atoms with Gasteiger partial charge in [-0.25, -0.2) is 0 Å². The van der Waals surface area contributed by atoms with Crippen molar-refractivity contribution in [2.45, 2.75) is 52.0 Å². The molecule has 1 aliphatic heterocycles. The van der Waals surface area contributed by atoms with Gasteiger partial charge in [-0.15, -0.1) is 0 Å². The average Bonchev–Trinajstić information content (AvgIpc) is 1.84. The summed E-state index contributed by atoms with van der Waals surface area (Å²) in [6.45, 7) is 8.54. The predicted molar refractivity (Wildman–Crippen MR) is 42.1 cm³/mol. The van der Waals surface area contributed by atoms with Crippen LogP contribution in [0.2, 0.25) is 0 Å². The Hall–Kier alpha value is -0.0800. The predicted octanol–water partition coefficient (Wildman–Crippen LogP) is 1.16. The molecule has 0 unspecified atom stereocenters. The van der Waals surface area contributed by atoms with E-state index < -0.39 is 0 Å². The lowest BCUT2D eigenvalue weighted by molar-refractivity contribution is -0.0620. The topological polar surface area (TPSA) is 21.3 Å². The van der Waals surface area contributed by atoms with Gasteiger partial charge in [0.25, 0.3) is 0 Å². The van der Waals surface area contributed by atoms with E-state index in [1.807, 2.05) is 0 Å². The maximum atomic E-state index is 5.65. The van der Waals surface area contributed by atoms with Crippen molar-refractivity contribution in [1.82, 2.24) is 5.32 Å². The fourth-order valence-electron chi connectivity index (χ4n) is 1.26. The normalized spacial score (nSPS) is 49.2. The van der Waals surface area contributed by atoms with Crippen LogP contribution in [0.1, 0.15) is 27.7 Å². The van der Waals surface area contributed by atoms with Crippen LogP contribution in [-0.2, 0) is 4.74 Å². The number of hydrogen-bond donors (Lipinski definition) is 1. The summed E-state index contributed by atoms with van der Waals surface area (Å²) in [5.74, 6) is 0. The Morgan fingerprint density at radius 1 is 0.900 bits per heavy atom. The van der Waals surface area contributed by atoms with Gasteiger partial charge in [-0.2, -0.15) is 0 Å². The Labute approximate surface area is 63.0 Å². The third-order valence-corrected chi connectivity index (χ3v) is 2.36. The molecule has 0 spiro atoms. The number of rotatable bonds is 0. The SMILES string of the molecule is C[C@@H]1N[C@@H](C)[C@@H](C)O[C@@H]1C. The first-order chi connectivity index (χ1) is 4.61. The molecule has 0 aromatic heterocycles. The van der Waals surface area contributed by atoms with Crippen molar-refractivity contribution in [2.75, 3.05) is 0 Å². The van der Waals surface area contributed by atoms with Crippen LogP contribution in [0, 0.1) is 0 Å². The summed E-state index contributed by atoms with van der Waals surface area (Å²) in [7, 11) is 0. The van der Waals surface area contributed by atoms with E-state index in [9.17, 15) is 0 Å². The zero-order chi connectivity index (χ0) is 7.72. The van der Waals surface area contributed by atoms with Crippen LogP contribution in [0.3, 0.4) is 0 Å². The Balaban J connectivity index is 2.46. The third-order valence-electron chi connectivity index (χ3n) is 2.36. The second-order valence-electron chi connectivity index (χ2n) is 3.29. The fraction of sp³-hybridized carbons (Fsp3) is 1.00. The van der Waals surface area contributed by atoms with Gasteiger partial charge in [0.1, 0.15) is 0 Å². The largest absolute Gasteiger partial charge is 0.372 e. The van der Waals surface area contributed by atoms with Crippen LogP contribution >= 0.6 is 0 Å². The van der Waals surface area contributed by atoms with Gasteiger partial charge in [0.05, 0.1) is 12.2 Å². The van der Waals surface area contributed by atoms with Crippen molar-refractivity contribution in [3.63, 3.8) is 0 Å². The van der Waals surface area contributed by atoms with Crippen LogP contribution in [-0.4, -0.2) is 24.3 Å². The average molecular weight is 143 g/mol. The van der Waals surface area contributed by atoms with Gasteiger partial charge in [0.15, 0.2) is 0 Å². The van der Waals surface area contributed by atoms with Crippen LogP contribution < -0.4 is 5.32 Å². The molecule has 60 valence electrons. The monoisotopic (exact) mass is 143 g/mol. The molecule has 0 aromatic rings. The molecule has 1 N–H and O–H groups in total. The molecule has 0 radical (unpaired) electrons. The van der Waals surface area contributed by atoms with E-state index >= 15 is 0 Å². The number of hydrogen-bond acceptors (Lipinski definition) is 2. The summed E-state index contributed by atoms with van der Waals surface area (Å²) in [5, 5.41) is 3.45. The first kappa shape index (κ1) is 8.02. The standard InChI is InChI=1S/C8H17NO/c1-5-7(3)10-8(4)6(2)9-5/h5-9H,1-4H3/t5-,6-,7+,8+/m0/s1. The van der Waals surface area contributed by atoms with Gasteiger partial charge in [-0.1, -0.05) is 0 Å². The molecule has 2 heteroatoms. The van der Waals surface area contributed by atoms with Gasteiger partial charge >= 0.3 is 0 Å². The van der Waals surface area contributed by atoms with Gasteiger partial charge in [0, 0.05) is 12.1 Å². The van der Waals surface area contributed by atoms with Crippen molar-refractivity contribution in [1.29, 1.82) is 0 Å². The van der Waals surface area contributed by atoms with E-state index in [4.69, 9.17) is 4.74 Å². The van der Waals surface area contributed by atoms with E-state index in [2.05, 4.69) is 33.0 Å². The number of nitrogens with one attached hydrogen (secondary N) is 1. The minimum atomic E-state index is 0.353. The molecule has 1 fully saturated rings. The molecular formula is C8H17NO. The van der Waals surface area contributed by atoms with Crippen molar-refractivity contribution in [2.24, 2.45) is 0 Å². The summed E-state index contributed by atoms with van der Waals surface area (Å²) in [6.07, 6.45) is 0.706. The smallest absolute Gasteiger partial charge is 0.0701 e. The second kappa shape index (κ2) is 2.89. The number of ether oxygens (including phenoxy) is 1. The third kappa shape index (κ3) is 1.50.